The van der Waals surface area contributed by atoms with Crippen molar-refractivity contribution >= 4 is 5.91 Å². The Morgan fingerprint density at radius 1 is 1.48 bits per heavy atom. The summed E-state index contributed by atoms with van der Waals surface area (Å²) in [5.41, 5.74) is 1.24. The van der Waals surface area contributed by atoms with Gasteiger partial charge in [0.1, 0.15) is 12.4 Å². The molecule has 21 heavy (non-hydrogen) atoms. The summed E-state index contributed by atoms with van der Waals surface area (Å²) in [6.45, 7) is 3.32. The van der Waals surface area contributed by atoms with Crippen LogP contribution in [-0.4, -0.2) is 42.7 Å². The number of hydrogen-bond acceptors (Lipinski definition) is 3. The summed E-state index contributed by atoms with van der Waals surface area (Å²) in [6.07, 6.45) is 2.44. The van der Waals surface area contributed by atoms with Gasteiger partial charge in [0.05, 0.1) is 12.7 Å². The van der Waals surface area contributed by atoms with E-state index in [9.17, 15) is 4.79 Å². The maximum absolute atomic E-state index is 12.6. The molecule has 112 valence electrons. The quantitative estimate of drug-likeness (QED) is 0.842. The third kappa shape index (κ3) is 3.99. The van der Waals surface area contributed by atoms with Crippen LogP contribution in [0.1, 0.15) is 35.7 Å². The van der Waals surface area contributed by atoms with Gasteiger partial charge in [0.15, 0.2) is 0 Å². The lowest BCUT2D eigenvalue weighted by molar-refractivity contribution is 0.0757. The molecular weight excluding hydrogens is 266 g/mol. The predicted molar refractivity (Wildman–Crippen MR) is 81.3 cm³/mol. The van der Waals surface area contributed by atoms with Crippen LogP contribution in [0.4, 0.5) is 0 Å². The Hall–Kier alpha value is -1.99. The molecule has 4 heteroatoms. The molecule has 1 N–H and O–H groups in total. The number of carbonyl (C=O) groups excluding carboxylic acids is 1. The fourth-order valence-electron chi connectivity index (χ4n) is 2.22. The average Bonchev–Trinajstić information content (AvgIpc) is 3.33. The SMILES string of the molecule is CCN(CC1CC1)C(=O)c1ccc(OC)c(C#CCO)c1. The van der Waals surface area contributed by atoms with Gasteiger partial charge in [-0.05, 0) is 43.9 Å². The van der Waals surface area contributed by atoms with Crippen molar-refractivity contribution in [1.82, 2.24) is 4.90 Å². The van der Waals surface area contributed by atoms with Crippen molar-refractivity contribution in [2.24, 2.45) is 5.92 Å². The molecular formula is C17H21NO3. The highest BCUT2D eigenvalue weighted by atomic mass is 16.5. The zero-order valence-electron chi connectivity index (χ0n) is 12.6. The fourth-order valence-corrected chi connectivity index (χ4v) is 2.22. The smallest absolute Gasteiger partial charge is 0.253 e. The van der Waals surface area contributed by atoms with Gasteiger partial charge in [-0.15, -0.1) is 0 Å². The highest BCUT2D eigenvalue weighted by molar-refractivity contribution is 5.95. The summed E-state index contributed by atoms with van der Waals surface area (Å²) in [4.78, 5) is 14.4. The highest BCUT2D eigenvalue weighted by Crippen LogP contribution is 2.30. The van der Waals surface area contributed by atoms with E-state index in [1.165, 1.54) is 12.8 Å². The zero-order valence-corrected chi connectivity index (χ0v) is 12.6. The van der Waals surface area contributed by atoms with Crippen LogP contribution >= 0.6 is 0 Å². The normalized spacial score (nSPS) is 13.3. The summed E-state index contributed by atoms with van der Waals surface area (Å²) in [5.74, 6) is 6.72. The molecule has 0 unspecified atom stereocenters. The third-order valence-electron chi connectivity index (χ3n) is 3.59. The summed E-state index contributed by atoms with van der Waals surface area (Å²) >= 11 is 0. The van der Waals surface area contributed by atoms with E-state index in [-0.39, 0.29) is 12.5 Å². The van der Waals surface area contributed by atoms with Crippen molar-refractivity contribution in [1.29, 1.82) is 0 Å². The molecule has 4 nitrogen and oxygen atoms in total. The van der Waals surface area contributed by atoms with Crippen LogP contribution in [-0.2, 0) is 0 Å². The second-order valence-corrected chi connectivity index (χ2v) is 5.16. The Bertz CT molecular complexity index is 567. The fraction of sp³-hybridized carbons (Fsp3) is 0.471. The van der Waals surface area contributed by atoms with Crippen molar-refractivity contribution in [3.05, 3.63) is 29.3 Å². The molecule has 1 saturated carbocycles. The van der Waals surface area contributed by atoms with E-state index < -0.39 is 0 Å². The first-order valence-electron chi connectivity index (χ1n) is 7.26. The molecule has 1 aromatic carbocycles. The van der Waals surface area contributed by atoms with Gasteiger partial charge in [-0.1, -0.05) is 11.8 Å². The van der Waals surface area contributed by atoms with Crippen molar-refractivity contribution in [3.63, 3.8) is 0 Å². The molecule has 1 aliphatic rings. The summed E-state index contributed by atoms with van der Waals surface area (Å²) < 4.78 is 5.23. The van der Waals surface area contributed by atoms with Gasteiger partial charge in [-0.3, -0.25) is 4.79 Å². The Kier molecular flexibility index (Phi) is 5.24. The van der Waals surface area contributed by atoms with Crippen LogP contribution < -0.4 is 4.74 Å². The van der Waals surface area contributed by atoms with Crippen LogP contribution in [0.3, 0.4) is 0 Å². The lowest BCUT2D eigenvalue weighted by atomic mass is 10.1. The van der Waals surface area contributed by atoms with Crippen LogP contribution in [0.15, 0.2) is 18.2 Å². The van der Waals surface area contributed by atoms with Gasteiger partial charge in [0.2, 0.25) is 0 Å². The zero-order chi connectivity index (χ0) is 15.2. The third-order valence-corrected chi connectivity index (χ3v) is 3.59. The predicted octanol–water partition coefficient (Wildman–Crippen LogP) is 1.91. The molecule has 0 heterocycles. The largest absolute Gasteiger partial charge is 0.495 e. The molecule has 0 saturated heterocycles. The van der Waals surface area contributed by atoms with Crippen molar-refractivity contribution < 1.29 is 14.6 Å². The van der Waals surface area contributed by atoms with Gasteiger partial charge in [-0.25, -0.2) is 0 Å². The molecule has 1 amide bonds. The molecule has 0 bridgehead atoms. The van der Waals surface area contributed by atoms with Gasteiger partial charge in [-0.2, -0.15) is 0 Å². The molecule has 0 aliphatic heterocycles. The van der Waals surface area contributed by atoms with E-state index in [1.807, 2.05) is 11.8 Å². The number of aliphatic hydroxyl groups is 1. The first-order valence-corrected chi connectivity index (χ1v) is 7.26. The second kappa shape index (κ2) is 7.14. The number of rotatable bonds is 5. The van der Waals surface area contributed by atoms with E-state index in [0.717, 1.165) is 6.54 Å². The number of benzene rings is 1. The van der Waals surface area contributed by atoms with Crippen LogP contribution in [0, 0.1) is 17.8 Å². The topological polar surface area (TPSA) is 49.8 Å². The summed E-state index contributed by atoms with van der Waals surface area (Å²) in [7, 11) is 1.56. The number of hydrogen-bond donors (Lipinski definition) is 1. The van der Waals surface area contributed by atoms with Crippen LogP contribution in [0.25, 0.3) is 0 Å². The Labute approximate surface area is 125 Å². The van der Waals surface area contributed by atoms with Crippen molar-refractivity contribution in [3.8, 4) is 17.6 Å². The summed E-state index contributed by atoms with van der Waals surface area (Å²) in [6, 6.07) is 5.25. The minimum atomic E-state index is -0.218. The molecule has 1 fully saturated rings. The van der Waals surface area contributed by atoms with Crippen molar-refractivity contribution in [2.75, 3.05) is 26.8 Å². The van der Waals surface area contributed by atoms with Gasteiger partial charge < -0.3 is 14.7 Å². The Balaban J connectivity index is 2.23. The Morgan fingerprint density at radius 2 is 2.24 bits per heavy atom. The lowest BCUT2D eigenvalue weighted by Crippen LogP contribution is -2.32. The second-order valence-electron chi connectivity index (χ2n) is 5.16. The Morgan fingerprint density at radius 3 is 2.81 bits per heavy atom. The van der Waals surface area contributed by atoms with E-state index in [0.29, 0.717) is 29.3 Å². The number of aliphatic hydroxyl groups excluding tert-OH is 1. The van der Waals surface area contributed by atoms with Gasteiger partial charge >= 0.3 is 0 Å². The highest BCUT2D eigenvalue weighted by Gasteiger charge is 2.26. The number of amides is 1. The van der Waals surface area contributed by atoms with E-state index in [1.54, 1.807) is 25.3 Å². The average molecular weight is 287 g/mol. The molecule has 0 atom stereocenters. The summed E-state index contributed by atoms with van der Waals surface area (Å²) in [5, 5.41) is 8.81. The van der Waals surface area contributed by atoms with Gasteiger partial charge in [0.25, 0.3) is 5.91 Å². The maximum atomic E-state index is 12.6. The monoisotopic (exact) mass is 287 g/mol. The minimum absolute atomic E-state index is 0.0269. The molecule has 1 aromatic rings. The van der Waals surface area contributed by atoms with E-state index in [4.69, 9.17) is 9.84 Å². The van der Waals surface area contributed by atoms with E-state index >= 15 is 0 Å². The molecule has 1 aliphatic carbocycles. The first-order chi connectivity index (χ1) is 10.2. The first kappa shape index (κ1) is 15.4. The number of methoxy groups -OCH3 is 1. The lowest BCUT2D eigenvalue weighted by Gasteiger charge is -2.21. The molecule has 0 aromatic heterocycles. The maximum Gasteiger partial charge on any atom is 0.253 e. The molecule has 2 rings (SSSR count). The molecule has 0 radical (unpaired) electrons. The van der Waals surface area contributed by atoms with Crippen molar-refractivity contribution in [2.45, 2.75) is 19.8 Å². The standard InChI is InChI=1S/C17H21NO3/c1-3-18(12-13-6-7-13)17(20)15-8-9-16(21-2)14(11-15)5-4-10-19/h8-9,11,13,19H,3,6-7,10,12H2,1-2H3. The number of nitrogens with zero attached hydrogens (tertiary/aromatic N) is 1. The van der Waals surface area contributed by atoms with Crippen LogP contribution in [0.2, 0.25) is 0 Å². The number of carbonyl (C=O) groups is 1. The van der Waals surface area contributed by atoms with E-state index in [2.05, 4.69) is 11.8 Å². The van der Waals surface area contributed by atoms with Gasteiger partial charge in [0, 0.05) is 18.7 Å². The minimum Gasteiger partial charge on any atom is -0.495 e. The molecule has 0 spiro atoms. The number of ether oxygens (including phenoxy) is 1. The van der Waals surface area contributed by atoms with Crippen LogP contribution in [0.5, 0.6) is 5.75 Å².